The Kier molecular flexibility index (Phi) is 5.56. The van der Waals surface area contributed by atoms with Gasteiger partial charge in [0, 0.05) is 18.6 Å². The maximum Gasteiger partial charge on any atom is 0.266 e. The molecule has 0 aliphatic carbocycles. The van der Waals surface area contributed by atoms with E-state index < -0.39 is 27.8 Å². The van der Waals surface area contributed by atoms with Gasteiger partial charge in [-0.1, -0.05) is 22.9 Å². The molecule has 158 valence electrons. The average Bonchev–Trinajstić information content (AvgIpc) is 3.28. The number of aromatic nitrogens is 1. The predicted octanol–water partition coefficient (Wildman–Crippen LogP) is 3.62. The van der Waals surface area contributed by atoms with Gasteiger partial charge >= 0.3 is 0 Å². The van der Waals surface area contributed by atoms with E-state index in [1.807, 2.05) is 30.7 Å². The Labute approximate surface area is 182 Å². The Hall–Kier alpha value is -2.07. The molecule has 1 aliphatic rings. The summed E-state index contributed by atoms with van der Waals surface area (Å²) in [6, 6.07) is 7.38. The van der Waals surface area contributed by atoms with E-state index in [0.29, 0.717) is 22.7 Å². The first-order chi connectivity index (χ1) is 14.2. The highest BCUT2D eigenvalue weighted by atomic mass is 35.5. The molecule has 4 rings (SSSR count). The Morgan fingerprint density at radius 3 is 2.67 bits per heavy atom. The summed E-state index contributed by atoms with van der Waals surface area (Å²) < 4.78 is 43.1. The van der Waals surface area contributed by atoms with Gasteiger partial charge in [-0.25, -0.2) is 12.8 Å². The normalized spacial score (nSPS) is 18.4. The minimum absolute atomic E-state index is 0.0405. The molecule has 10 heteroatoms. The lowest BCUT2D eigenvalue weighted by molar-refractivity contribution is -0.121. The van der Waals surface area contributed by atoms with Gasteiger partial charge in [0.15, 0.2) is 4.80 Å². The molecule has 6 nitrogen and oxygen atoms in total. The van der Waals surface area contributed by atoms with Crippen molar-refractivity contribution in [2.24, 2.45) is 12.0 Å². The molecule has 2 heterocycles. The van der Waals surface area contributed by atoms with Gasteiger partial charge in [-0.3, -0.25) is 4.79 Å². The minimum atomic E-state index is -3.92. The number of hydrogen-bond donors (Lipinski definition) is 0. The number of amides is 1. The van der Waals surface area contributed by atoms with Crippen LogP contribution in [-0.4, -0.2) is 35.8 Å². The molecule has 1 atom stereocenters. The molecule has 1 aromatic heterocycles. The van der Waals surface area contributed by atoms with Crippen LogP contribution in [0, 0.1) is 12.7 Å². The molecular formula is C20H19ClFN3O3S2. The second-order valence-corrected chi connectivity index (χ2v) is 10.5. The fourth-order valence-electron chi connectivity index (χ4n) is 3.76. The molecule has 1 unspecified atom stereocenters. The van der Waals surface area contributed by atoms with Gasteiger partial charge in [-0.2, -0.15) is 9.30 Å². The predicted molar refractivity (Wildman–Crippen MR) is 114 cm³/mol. The first-order valence-corrected chi connectivity index (χ1v) is 11.9. The number of carbonyl (C=O) groups is 1. The SMILES string of the molecule is Cc1cc(Cl)cc2sc(=NC(=O)C3CCCN3S(=O)(=O)c3ccc(F)cc3)n(C)c12. The molecular weight excluding hydrogens is 449 g/mol. The van der Waals surface area contributed by atoms with Gasteiger partial charge in [-0.15, -0.1) is 0 Å². The summed E-state index contributed by atoms with van der Waals surface area (Å²) in [7, 11) is -2.11. The van der Waals surface area contributed by atoms with Crippen LogP contribution < -0.4 is 4.80 Å². The lowest BCUT2D eigenvalue weighted by Gasteiger charge is -2.21. The molecule has 1 amide bonds. The van der Waals surface area contributed by atoms with Crippen LogP contribution in [0.2, 0.25) is 5.02 Å². The molecule has 1 aliphatic heterocycles. The summed E-state index contributed by atoms with van der Waals surface area (Å²) in [6.45, 7) is 2.15. The number of thiazole rings is 1. The quantitative estimate of drug-likeness (QED) is 0.590. The molecule has 30 heavy (non-hydrogen) atoms. The highest BCUT2D eigenvalue weighted by Gasteiger charge is 2.39. The number of sulfonamides is 1. The van der Waals surface area contributed by atoms with E-state index >= 15 is 0 Å². The number of benzene rings is 2. The Morgan fingerprint density at radius 1 is 1.27 bits per heavy atom. The topological polar surface area (TPSA) is 71.7 Å². The highest BCUT2D eigenvalue weighted by Crippen LogP contribution is 2.28. The number of rotatable bonds is 3. The van der Waals surface area contributed by atoms with Crippen molar-refractivity contribution in [1.29, 1.82) is 0 Å². The number of aryl methyl sites for hydroxylation is 2. The van der Waals surface area contributed by atoms with Gasteiger partial charge in [0.25, 0.3) is 5.91 Å². The fourth-order valence-corrected chi connectivity index (χ4v) is 6.89. The highest BCUT2D eigenvalue weighted by molar-refractivity contribution is 7.89. The van der Waals surface area contributed by atoms with Crippen molar-refractivity contribution in [3.8, 4) is 0 Å². The molecule has 0 saturated carbocycles. The standard InChI is InChI=1S/C20H19ClFN3O3S2/c1-12-10-13(21)11-17-18(12)24(2)20(29-17)23-19(26)16-4-3-9-25(16)30(27,28)15-7-5-14(22)6-8-15/h5-8,10-11,16H,3-4,9H2,1-2H3. The van der Waals surface area contributed by atoms with Crippen molar-refractivity contribution in [1.82, 2.24) is 8.87 Å². The number of hydrogen-bond acceptors (Lipinski definition) is 4. The van der Waals surface area contributed by atoms with E-state index in [0.717, 1.165) is 27.9 Å². The minimum Gasteiger partial charge on any atom is -0.319 e. The number of halogens is 2. The van der Waals surface area contributed by atoms with Crippen LogP contribution in [0.5, 0.6) is 0 Å². The van der Waals surface area contributed by atoms with Gasteiger partial charge in [0.05, 0.1) is 15.1 Å². The molecule has 0 bridgehead atoms. The van der Waals surface area contributed by atoms with E-state index in [1.54, 1.807) is 0 Å². The van der Waals surface area contributed by atoms with Gasteiger partial charge in [0.1, 0.15) is 11.9 Å². The molecule has 0 N–H and O–H groups in total. The molecule has 1 fully saturated rings. The van der Waals surface area contributed by atoms with Crippen LogP contribution >= 0.6 is 22.9 Å². The zero-order chi connectivity index (χ0) is 21.6. The van der Waals surface area contributed by atoms with Gasteiger partial charge in [0.2, 0.25) is 10.0 Å². The second-order valence-electron chi connectivity index (χ2n) is 7.19. The third-order valence-corrected chi connectivity index (χ3v) is 8.39. The largest absolute Gasteiger partial charge is 0.319 e. The van der Waals surface area contributed by atoms with Crippen molar-refractivity contribution >= 4 is 49.1 Å². The van der Waals surface area contributed by atoms with Crippen molar-refractivity contribution in [2.45, 2.75) is 30.7 Å². The monoisotopic (exact) mass is 467 g/mol. The van der Waals surface area contributed by atoms with E-state index in [-0.39, 0.29) is 11.4 Å². The van der Waals surface area contributed by atoms with Crippen LogP contribution in [0.1, 0.15) is 18.4 Å². The van der Waals surface area contributed by atoms with Crippen LogP contribution in [0.4, 0.5) is 4.39 Å². The van der Waals surface area contributed by atoms with Crippen molar-refractivity contribution < 1.29 is 17.6 Å². The summed E-state index contributed by atoms with van der Waals surface area (Å²) in [5.41, 5.74) is 1.89. The zero-order valence-electron chi connectivity index (χ0n) is 16.3. The Balaban J connectivity index is 1.71. The lowest BCUT2D eigenvalue weighted by Crippen LogP contribution is -2.40. The average molecular weight is 468 g/mol. The van der Waals surface area contributed by atoms with E-state index in [9.17, 15) is 17.6 Å². The Morgan fingerprint density at radius 2 is 1.97 bits per heavy atom. The van der Waals surface area contributed by atoms with Crippen LogP contribution in [0.15, 0.2) is 46.3 Å². The first-order valence-electron chi connectivity index (χ1n) is 9.30. The van der Waals surface area contributed by atoms with Crippen molar-refractivity contribution in [2.75, 3.05) is 6.54 Å². The van der Waals surface area contributed by atoms with Gasteiger partial charge < -0.3 is 4.57 Å². The van der Waals surface area contributed by atoms with Crippen molar-refractivity contribution in [3.63, 3.8) is 0 Å². The first kappa shape index (κ1) is 21.2. The van der Waals surface area contributed by atoms with Gasteiger partial charge in [-0.05, 0) is 61.7 Å². The summed E-state index contributed by atoms with van der Waals surface area (Å²) in [4.78, 5) is 17.7. The van der Waals surface area contributed by atoms with E-state index in [2.05, 4.69) is 4.99 Å². The second kappa shape index (κ2) is 7.88. The maximum absolute atomic E-state index is 13.2. The summed E-state index contributed by atoms with van der Waals surface area (Å²) in [5, 5.41) is 0.604. The number of carbonyl (C=O) groups excluding carboxylic acids is 1. The molecule has 0 radical (unpaired) electrons. The zero-order valence-corrected chi connectivity index (χ0v) is 18.7. The number of nitrogens with zero attached hydrogens (tertiary/aromatic N) is 3. The Bertz CT molecular complexity index is 1310. The maximum atomic E-state index is 13.2. The van der Waals surface area contributed by atoms with Crippen LogP contribution in [-0.2, 0) is 21.9 Å². The third-order valence-electron chi connectivity index (χ3n) is 5.17. The molecule has 3 aromatic rings. The number of fused-ring (bicyclic) bond motifs is 1. The van der Waals surface area contributed by atoms with E-state index in [1.165, 1.54) is 27.8 Å². The fraction of sp³-hybridized carbons (Fsp3) is 0.300. The summed E-state index contributed by atoms with van der Waals surface area (Å²) >= 11 is 7.46. The lowest BCUT2D eigenvalue weighted by atomic mass is 10.2. The molecule has 0 spiro atoms. The van der Waals surface area contributed by atoms with Crippen molar-refractivity contribution in [3.05, 3.63) is 57.6 Å². The van der Waals surface area contributed by atoms with E-state index in [4.69, 9.17) is 11.6 Å². The van der Waals surface area contributed by atoms with Crippen LogP contribution in [0.3, 0.4) is 0 Å². The smallest absolute Gasteiger partial charge is 0.266 e. The molecule has 1 saturated heterocycles. The van der Waals surface area contributed by atoms with Crippen LogP contribution in [0.25, 0.3) is 10.2 Å². The third kappa shape index (κ3) is 3.71. The summed E-state index contributed by atoms with van der Waals surface area (Å²) in [5.74, 6) is -1.03. The molecule has 2 aromatic carbocycles. The summed E-state index contributed by atoms with van der Waals surface area (Å²) in [6.07, 6.45) is 0.946.